The zero-order valence-corrected chi connectivity index (χ0v) is 16.5. The van der Waals surface area contributed by atoms with Gasteiger partial charge in [0.1, 0.15) is 5.75 Å². The summed E-state index contributed by atoms with van der Waals surface area (Å²) >= 11 is 0. The maximum atomic E-state index is 13.4. The second-order valence-electron chi connectivity index (χ2n) is 6.95. The van der Waals surface area contributed by atoms with Gasteiger partial charge >= 0.3 is 0 Å². The number of nitrogens with zero attached hydrogens (tertiary/aromatic N) is 1. The molecule has 0 N–H and O–H groups in total. The van der Waals surface area contributed by atoms with E-state index in [0.717, 1.165) is 42.0 Å². The van der Waals surface area contributed by atoms with Crippen LogP contribution in [-0.4, -0.2) is 21.4 Å². The fourth-order valence-electron chi connectivity index (χ4n) is 3.43. The molecule has 0 bridgehead atoms. The second kappa shape index (κ2) is 8.13. The van der Waals surface area contributed by atoms with Crippen LogP contribution in [0.2, 0.25) is 0 Å². The lowest BCUT2D eigenvalue weighted by atomic mass is 9.88. The molecule has 6 heteroatoms. The van der Waals surface area contributed by atoms with Gasteiger partial charge in [0, 0.05) is 5.92 Å². The molecule has 1 amide bonds. The van der Waals surface area contributed by atoms with Crippen molar-refractivity contribution in [3.63, 3.8) is 0 Å². The first-order chi connectivity index (χ1) is 12.9. The van der Waals surface area contributed by atoms with E-state index >= 15 is 0 Å². The Bertz CT molecular complexity index is 883. The molecule has 1 fully saturated rings. The fraction of sp³-hybridized carbons (Fsp3) is 0.381. The molecule has 1 aliphatic rings. The van der Waals surface area contributed by atoms with Crippen molar-refractivity contribution in [3.8, 4) is 5.75 Å². The fourth-order valence-corrected chi connectivity index (χ4v) is 4.91. The maximum absolute atomic E-state index is 13.4. The Morgan fingerprint density at radius 3 is 2.11 bits per heavy atom. The summed E-state index contributed by atoms with van der Waals surface area (Å²) in [5.41, 5.74) is 1.30. The molecule has 1 aliphatic carbocycles. The number of carbonyl (C=O) groups is 1. The third-order valence-electron chi connectivity index (χ3n) is 5.02. The van der Waals surface area contributed by atoms with Crippen molar-refractivity contribution in [2.24, 2.45) is 5.92 Å². The van der Waals surface area contributed by atoms with Gasteiger partial charge in [0.05, 0.1) is 17.7 Å². The first-order valence-electron chi connectivity index (χ1n) is 9.23. The summed E-state index contributed by atoms with van der Waals surface area (Å²) < 4.78 is 32.8. The molecule has 0 unspecified atom stereocenters. The molecule has 0 heterocycles. The number of anilines is 1. The summed E-state index contributed by atoms with van der Waals surface area (Å²) in [5.74, 6) is -0.00179. The van der Waals surface area contributed by atoms with Crippen LogP contribution in [0.15, 0.2) is 53.4 Å². The molecule has 0 saturated heterocycles. The minimum absolute atomic E-state index is 0.119. The Kier molecular flexibility index (Phi) is 5.85. The highest BCUT2D eigenvalue weighted by atomic mass is 32.2. The largest absolute Gasteiger partial charge is 0.497 e. The Labute approximate surface area is 161 Å². The van der Waals surface area contributed by atoms with Gasteiger partial charge in [-0.15, -0.1) is 0 Å². The minimum Gasteiger partial charge on any atom is -0.497 e. The lowest BCUT2D eigenvalue weighted by molar-refractivity contribution is -0.122. The Morgan fingerprint density at radius 1 is 0.963 bits per heavy atom. The summed E-state index contributed by atoms with van der Waals surface area (Å²) in [4.78, 5) is 13.4. The first-order valence-corrected chi connectivity index (χ1v) is 10.7. The zero-order valence-electron chi connectivity index (χ0n) is 15.7. The molecule has 27 heavy (non-hydrogen) atoms. The molecule has 2 aromatic rings. The van der Waals surface area contributed by atoms with Gasteiger partial charge in [-0.25, -0.2) is 12.7 Å². The molecule has 0 aromatic heterocycles. The molecule has 0 aliphatic heterocycles. The highest BCUT2D eigenvalue weighted by molar-refractivity contribution is 7.93. The van der Waals surface area contributed by atoms with Crippen LogP contribution in [0, 0.1) is 12.8 Å². The molecule has 1 saturated carbocycles. The number of hydrogen-bond acceptors (Lipinski definition) is 4. The first kappa shape index (κ1) is 19.4. The van der Waals surface area contributed by atoms with Gasteiger partial charge in [-0.3, -0.25) is 4.79 Å². The van der Waals surface area contributed by atoms with E-state index in [1.807, 2.05) is 6.92 Å². The van der Waals surface area contributed by atoms with E-state index in [-0.39, 0.29) is 16.7 Å². The third-order valence-corrected chi connectivity index (χ3v) is 6.76. The summed E-state index contributed by atoms with van der Waals surface area (Å²) in [6.45, 7) is 1.89. The maximum Gasteiger partial charge on any atom is 0.270 e. The quantitative estimate of drug-likeness (QED) is 0.767. The van der Waals surface area contributed by atoms with Gasteiger partial charge in [0.2, 0.25) is 5.91 Å². The van der Waals surface area contributed by atoms with Crippen molar-refractivity contribution < 1.29 is 17.9 Å². The molecule has 0 radical (unpaired) electrons. The summed E-state index contributed by atoms with van der Waals surface area (Å²) in [6.07, 6.45) is 4.47. The number of carbonyl (C=O) groups excluding carboxylic acids is 1. The van der Waals surface area contributed by atoms with Crippen LogP contribution in [0.4, 0.5) is 5.69 Å². The summed E-state index contributed by atoms with van der Waals surface area (Å²) in [5, 5.41) is 0. The smallest absolute Gasteiger partial charge is 0.270 e. The molecule has 0 atom stereocenters. The molecule has 3 rings (SSSR count). The average molecular weight is 388 g/mol. The molecule has 2 aromatic carbocycles. The molecular formula is C21H25NO4S. The SMILES string of the molecule is COc1ccc(N(C(=O)C2CCCCC2)S(=O)(=O)c2ccc(C)cc2)cc1. The Balaban J connectivity index is 2.05. The van der Waals surface area contributed by atoms with Crippen molar-refractivity contribution in [2.75, 3.05) is 11.4 Å². The highest BCUT2D eigenvalue weighted by Gasteiger charge is 2.35. The van der Waals surface area contributed by atoms with Crippen LogP contribution in [-0.2, 0) is 14.8 Å². The van der Waals surface area contributed by atoms with Crippen molar-refractivity contribution in [1.82, 2.24) is 0 Å². The second-order valence-corrected chi connectivity index (χ2v) is 8.74. The van der Waals surface area contributed by atoms with Crippen LogP contribution in [0.1, 0.15) is 37.7 Å². The monoisotopic (exact) mass is 387 g/mol. The molecular weight excluding hydrogens is 362 g/mol. The molecule has 5 nitrogen and oxygen atoms in total. The van der Waals surface area contributed by atoms with E-state index in [9.17, 15) is 13.2 Å². The molecule has 0 spiro atoms. The van der Waals surface area contributed by atoms with Crippen LogP contribution in [0.3, 0.4) is 0 Å². The number of sulfonamides is 1. The lowest BCUT2D eigenvalue weighted by Gasteiger charge is -2.29. The van der Waals surface area contributed by atoms with E-state index in [1.54, 1.807) is 55.6 Å². The number of aryl methyl sites for hydroxylation is 1. The van der Waals surface area contributed by atoms with Crippen molar-refractivity contribution >= 4 is 21.6 Å². The minimum atomic E-state index is -4.00. The van der Waals surface area contributed by atoms with Gasteiger partial charge in [0.25, 0.3) is 10.0 Å². The third kappa shape index (κ3) is 4.16. The van der Waals surface area contributed by atoms with Crippen LogP contribution in [0.5, 0.6) is 5.75 Å². The lowest BCUT2D eigenvalue weighted by Crippen LogP contribution is -2.41. The number of hydrogen-bond donors (Lipinski definition) is 0. The van der Waals surface area contributed by atoms with Crippen molar-refractivity contribution in [1.29, 1.82) is 0 Å². The number of benzene rings is 2. The number of ether oxygens (including phenoxy) is 1. The summed E-state index contributed by atoms with van der Waals surface area (Å²) in [7, 11) is -2.45. The van der Waals surface area contributed by atoms with E-state index in [0.29, 0.717) is 11.4 Å². The van der Waals surface area contributed by atoms with Gasteiger partial charge in [-0.1, -0.05) is 37.0 Å². The average Bonchev–Trinajstić information content (AvgIpc) is 2.69. The van der Waals surface area contributed by atoms with Crippen molar-refractivity contribution in [3.05, 3.63) is 54.1 Å². The van der Waals surface area contributed by atoms with Gasteiger partial charge < -0.3 is 4.74 Å². The van der Waals surface area contributed by atoms with Gasteiger partial charge in [-0.2, -0.15) is 0 Å². The van der Waals surface area contributed by atoms with Crippen LogP contribution >= 0.6 is 0 Å². The predicted octanol–water partition coefficient (Wildman–Crippen LogP) is 4.31. The Morgan fingerprint density at radius 2 is 1.56 bits per heavy atom. The van der Waals surface area contributed by atoms with Crippen LogP contribution < -0.4 is 9.04 Å². The van der Waals surface area contributed by atoms with Gasteiger partial charge in [0.15, 0.2) is 0 Å². The number of amides is 1. The van der Waals surface area contributed by atoms with Crippen LogP contribution in [0.25, 0.3) is 0 Å². The van der Waals surface area contributed by atoms with Crippen molar-refractivity contribution in [2.45, 2.75) is 43.9 Å². The standard InChI is InChI=1S/C21H25NO4S/c1-16-8-14-20(15-9-16)27(24,25)22(18-10-12-19(26-2)13-11-18)21(23)17-6-4-3-5-7-17/h8-15,17H,3-7H2,1-2H3. The predicted molar refractivity (Wildman–Crippen MR) is 105 cm³/mol. The number of methoxy groups -OCH3 is 1. The van der Waals surface area contributed by atoms with E-state index in [4.69, 9.17) is 4.74 Å². The normalized spacial score (nSPS) is 15.3. The highest BCUT2D eigenvalue weighted by Crippen LogP contribution is 2.32. The summed E-state index contributed by atoms with van der Waals surface area (Å²) in [6, 6.07) is 13.2. The zero-order chi connectivity index (χ0) is 19.4. The number of rotatable bonds is 5. The van der Waals surface area contributed by atoms with E-state index in [1.165, 1.54) is 0 Å². The topological polar surface area (TPSA) is 63.7 Å². The van der Waals surface area contributed by atoms with Gasteiger partial charge in [-0.05, 0) is 56.2 Å². The van der Waals surface area contributed by atoms with E-state index in [2.05, 4.69) is 0 Å². The van der Waals surface area contributed by atoms with E-state index < -0.39 is 10.0 Å². The molecule has 144 valence electrons. The Hall–Kier alpha value is -2.34.